The van der Waals surface area contributed by atoms with E-state index in [1.54, 1.807) is 5.57 Å². The van der Waals surface area contributed by atoms with E-state index in [0.717, 1.165) is 13.1 Å². The van der Waals surface area contributed by atoms with Crippen molar-refractivity contribution in [3.63, 3.8) is 0 Å². The van der Waals surface area contributed by atoms with Gasteiger partial charge in [-0.15, -0.1) is 0 Å². The van der Waals surface area contributed by atoms with E-state index >= 15 is 0 Å². The summed E-state index contributed by atoms with van der Waals surface area (Å²) >= 11 is 0. The van der Waals surface area contributed by atoms with Crippen LogP contribution in [0.4, 0.5) is 0 Å². The van der Waals surface area contributed by atoms with Gasteiger partial charge >= 0.3 is 0 Å². The molecule has 0 fully saturated rings. The topological polar surface area (TPSA) is 12.0 Å². The molecular formula is C11H19N. The van der Waals surface area contributed by atoms with Crippen molar-refractivity contribution < 1.29 is 0 Å². The van der Waals surface area contributed by atoms with E-state index in [4.69, 9.17) is 0 Å². The zero-order chi connectivity index (χ0) is 8.81. The molecular weight excluding hydrogens is 146 g/mol. The number of rotatable bonds is 3. The molecule has 0 saturated carbocycles. The second-order valence-corrected chi connectivity index (χ2v) is 3.65. The fraction of sp³-hybridized carbons (Fsp3) is 0.636. The first-order valence-electron chi connectivity index (χ1n) is 4.81. The molecule has 1 N–H and O–H groups in total. The maximum atomic E-state index is 3.38. The minimum absolute atomic E-state index is 1.11. The summed E-state index contributed by atoms with van der Waals surface area (Å²) < 4.78 is 0. The van der Waals surface area contributed by atoms with Gasteiger partial charge in [0.2, 0.25) is 0 Å². The van der Waals surface area contributed by atoms with Crippen molar-refractivity contribution in [3.05, 3.63) is 23.3 Å². The summed E-state index contributed by atoms with van der Waals surface area (Å²) in [6.07, 6.45) is 8.35. The van der Waals surface area contributed by atoms with Crippen LogP contribution in [0.2, 0.25) is 0 Å². The van der Waals surface area contributed by atoms with Gasteiger partial charge < -0.3 is 5.32 Å². The van der Waals surface area contributed by atoms with Crippen molar-refractivity contribution in [1.82, 2.24) is 5.32 Å². The molecule has 0 radical (unpaired) electrons. The van der Waals surface area contributed by atoms with Crippen molar-refractivity contribution in [2.75, 3.05) is 13.1 Å². The second-order valence-electron chi connectivity index (χ2n) is 3.65. The van der Waals surface area contributed by atoms with Crippen LogP contribution in [-0.4, -0.2) is 13.1 Å². The fourth-order valence-corrected chi connectivity index (χ4v) is 1.44. The van der Waals surface area contributed by atoms with Crippen molar-refractivity contribution in [3.8, 4) is 0 Å². The Labute approximate surface area is 75.6 Å². The number of allylic oxidation sites excluding steroid dienone is 2. The Balaban J connectivity index is 2.22. The molecule has 1 heterocycles. The van der Waals surface area contributed by atoms with Crippen molar-refractivity contribution >= 4 is 0 Å². The van der Waals surface area contributed by atoms with Gasteiger partial charge in [-0.25, -0.2) is 0 Å². The molecule has 0 aromatic rings. The molecule has 12 heavy (non-hydrogen) atoms. The third kappa shape index (κ3) is 3.72. The van der Waals surface area contributed by atoms with E-state index in [9.17, 15) is 0 Å². The molecule has 0 amide bonds. The Kier molecular flexibility index (Phi) is 4.09. The smallest absolute Gasteiger partial charge is 0.0164 e. The van der Waals surface area contributed by atoms with E-state index in [1.807, 2.05) is 0 Å². The van der Waals surface area contributed by atoms with Gasteiger partial charge in [0.15, 0.2) is 0 Å². The molecule has 1 rings (SSSR count). The Morgan fingerprint density at radius 2 is 2.42 bits per heavy atom. The Morgan fingerprint density at radius 1 is 1.58 bits per heavy atom. The van der Waals surface area contributed by atoms with Gasteiger partial charge in [-0.1, -0.05) is 23.3 Å². The first kappa shape index (κ1) is 9.53. The van der Waals surface area contributed by atoms with Gasteiger partial charge in [-0.3, -0.25) is 0 Å². The lowest BCUT2D eigenvalue weighted by atomic mass is 10.1. The summed E-state index contributed by atoms with van der Waals surface area (Å²) in [5.41, 5.74) is 3.01. The highest BCUT2D eigenvalue weighted by Gasteiger charge is 2.00. The number of hydrogen-bond acceptors (Lipinski definition) is 1. The third-order valence-corrected chi connectivity index (χ3v) is 2.12. The highest BCUT2D eigenvalue weighted by Crippen LogP contribution is 2.09. The van der Waals surface area contributed by atoms with Gasteiger partial charge in [-0.2, -0.15) is 0 Å². The molecule has 0 spiro atoms. The molecule has 0 aromatic carbocycles. The van der Waals surface area contributed by atoms with Crippen LogP contribution in [0, 0.1) is 0 Å². The Morgan fingerprint density at radius 3 is 3.00 bits per heavy atom. The Bertz CT molecular complexity index is 185. The monoisotopic (exact) mass is 165 g/mol. The van der Waals surface area contributed by atoms with Crippen LogP contribution in [-0.2, 0) is 0 Å². The summed E-state index contributed by atoms with van der Waals surface area (Å²) in [7, 11) is 0. The SMILES string of the molecule is CC(C)=CCCC1=CCCNC1. The maximum absolute atomic E-state index is 3.38. The highest BCUT2D eigenvalue weighted by molar-refractivity contribution is 5.09. The lowest BCUT2D eigenvalue weighted by Gasteiger charge is -2.13. The van der Waals surface area contributed by atoms with E-state index in [0.29, 0.717) is 0 Å². The van der Waals surface area contributed by atoms with E-state index in [-0.39, 0.29) is 0 Å². The molecule has 0 atom stereocenters. The fourth-order valence-electron chi connectivity index (χ4n) is 1.44. The minimum atomic E-state index is 1.11. The molecule has 0 bridgehead atoms. The largest absolute Gasteiger partial charge is 0.313 e. The zero-order valence-electron chi connectivity index (χ0n) is 8.19. The van der Waals surface area contributed by atoms with Gasteiger partial charge in [0.1, 0.15) is 0 Å². The molecule has 0 unspecified atom stereocenters. The standard InChI is InChI=1S/C11H19N/c1-10(2)5-3-6-11-7-4-8-12-9-11/h5,7,12H,3-4,6,8-9H2,1-2H3. The third-order valence-electron chi connectivity index (χ3n) is 2.12. The maximum Gasteiger partial charge on any atom is 0.0164 e. The molecule has 0 saturated heterocycles. The van der Waals surface area contributed by atoms with E-state index in [2.05, 4.69) is 31.3 Å². The first-order valence-corrected chi connectivity index (χ1v) is 4.81. The Hall–Kier alpha value is -0.560. The lowest BCUT2D eigenvalue weighted by Crippen LogP contribution is -2.21. The van der Waals surface area contributed by atoms with Crippen LogP contribution in [0.15, 0.2) is 23.3 Å². The van der Waals surface area contributed by atoms with Crippen LogP contribution in [0.5, 0.6) is 0 Å². The van der Waals surface area contributed by atoms with Crippen LogP contribution in [0.25, 0.3) is 0 Å². The highest BCUT2D eigenvalue weighted by atomic mass is 14.9. The lowest BCUT2D eigenvalue weighted by molar-refractivity contribution is 0.679. The predicted octanol–water partition coefficient (Wildman–Crippen LogP) is 2.65. The van der Waals surface area contributed by atoms with Gasteiger partial charge in [0, 0.05) is 6.54 Å². The predicted molar refractivity (Wildman–Crippen MR) is 54.2 cm³/mol. The van der Waals surface area contributed by atoms with Crippen molar-refractivity contribution in [2.45, 2.75) is 33.1 Å². The summed E-state index contributed by atoms with van der Waals surface area (Å²) in [5.74, 6) is 0. The van der Waals surface area contributed by atoms with Gasteiger partial charge in [0.25, 0.3) is 0 Å². The molecule has 1 aliphatic heterocycles. The van der Waals surface area contributed by atoms with E-state index in [1.165, 1.54) is 24.8 Å². The van der Waals surface area contributed by atoms with Crippen molar-refractivity contribution in [2.24, 2.45) is 0 Å². The summed E-state index contributed by atoms with van der Waals surface area (Å²) in [4.78, 5) is 0. The summed E-state index contributed by atoms with van der Waals surface area (Å²) in [5, 5.41) is 3.38. The van der Waals surface area contributed by atoms with Crippen LogP contribution in [0.1, 0.15) is 33.1 Å². The zero-order valence-corrected chi connectivity index (χ0v) is 8.19. The molecule has 0 aromatic heterocycles. The van der Waals surface area contributed by atoms with Crippen molar-refractivity contribution in [1.29, 1.82) is 0 Å². The molecule has 0 aliphatic carbocycles. The second kappa shape index (κ2) is 5.15. The molecule has 1 nitrogen and oxygen atoms in total. The number of hydrogen-bond donors (Lipinski definition) is 1. The van der Waals surface area contributed by atoms with Crippen LogP contribution in [0.3, 0.4) is 0 Å². The number of nitrogens with one attached hydrogen (secondary N) is 1. The first-order chi connectivity index (χ1) is 5.79. The summed E-state index contributed by atoms with van der Waals surface area (Å²) in [6, 6.07) is 0. The van der Waals surface area contributed by atoms with E-state index < -0.39 is 0 Å². The van der Waals surface area contributed by atoms with Gasteiger partial charge in [-0.05, 0) is 39.7 Å². The summed E-state index contributed by atoms with van der Waals surface area (Å²) in [6.45, 7) is 6.59. The molecule has 1 heteroatoms. The molecule has 1 aliphatic rings. The normalized spacial score (nSPS) is 17.0. The van der Waals surface area contributed by atoms with Crippen LogP contribution >= 0.6 is 0 Å². The van der Waals surface area contributed by atoms with Crippen LogP contribution < -0.4 is 5.32 Å². The molecule has 68 valence electrons. The minimum Gasteiger partial charge on any atom is -0.313 e. The van der Waals surface area contributed by atoms with Gasteiger partial charge in [0.05, 0.1) is 0 Å². The average molecular weight is 165 g/mol. The average Bonchev–Trinajstić information content (AvgIpc) is 2.05. The quantitative estimate of drug-likeness (QED) is 0.634.